The number of hydrogen-bond acceptors (Lipinski definition) is 3. The van der Waals surface area contributed by atoms with Crippen LogP contribution in [-0.2, 0) is 4.79 Å². The van der Waals surface area contributed by atoms with Gasteiger partial charge in [0.1, 0.15) is 5.82 Å². The van der Waals surface area contributed by atoms with Crippen LogP contribution in [0.2, 0.25) is 0 Å². The van der Waals surface area contributed by atoms with E-state index in [2.05, 4.69) is 10.6 Å². The Hall–Kier alpha value is -2.63. The average molecular weight is 276 g/mol. The lowest BCUT2D eigenvalue weighted by Crippen LogP contribution is -2.32. The van der Waals surface area contributed by atoms with Gasteiger partial charge in [0.25, 0.3) is 5.91 Å². The highest BCUT2D eigenvalue weighted by Crippen LogP contribution is 2.13. The van der Waals surface area contributed by atoms with Gasteiger partial charge in [0.15, 0.2) is 5.76 Å². The summed E-state index contributed by atoms with van der Waals surface area (Å²) in [4.78, 5) is 23.1. The first-order chi connectivity index (χ1) is 9.56. The van der Waals surface area contributed by atoms with Crippen LogP contribution in [0.25, 0.3) is 0 Å². The van der Waals surface area contributed by atoms with Crippen molar-refractivity contribution < 1.29 is 18.4 Å². The fourth-order valence-corrected chi connectivity index (χ4v) is 1.53. The SMILES string of the molecule is Cc1ccc(NC(=O)CNC(=O)c2ccco2)cc1F. The molecule has 0 aliphatic rings. The summed E-state index contributed by atoms with van der Waals surface area (Å²) in [6.07, 6.45) is 1.37. The number of halogens is 1. The van der Waals surface area contributed by atoms with Crippen LogP contribution in [0.3, 0.4) is 0 Å². The Morgan fingerprint density at radius 3 is 2.75 bits per heavy atom. The summed E-state index contributed by atoms with van der Waals surface area (Å²) in [5, 5.41) is 4.88. The lowest BCUT2D eigenvalue weighted by atomic mass is 10.2. The molecule has 1 aromatic carbocycles. The molecule has 0 saturated heterocycles. The number of amides is 2. The molecule has 2 rings (SSSR count). The normalized spacial score (nSPS) is 10.1. The molecule has 20 heavy (non-hydrogen) atoms. The molecule has 0 fully saturated rings. The third kappa shape index (κ3) is 3.44. The van der Waals surface area contributed by atoms with Crippen molar-refractivity contribution in [3.8, 4) is 0 Å². The fourth-order valence-electron chi connectivity index (χ4n) is 1.53. The largest absolute Gasteiger partial charge is 0.459 e. The van der Waals surface area contributed by atoms with Crippen LogP contribution < -0.4 is 10.6 Å². The Labute approximate surface area is 114 Å². The highest BCUT2D eigenvalue weighted by molar-refractivity contribution is 5.97. The lowest BCUT2D eigenvalue weighted by molar-refractivity contribution is -0.115. The molecule has 0 aliphatic carbocycles. The second-order valence-electron chi connectivity index (χ2n) is 4.17. The number of furan rings is 1. The van der Waals surface area contributed by atoms with E-state index >= 15 is 0 Å². The number of carbonyl (C=O) groups excluding carboxylic acids is 2. The van der Waals surface area contributed by atoms with Crippen molar-refractivity contribution in [1.29, 1.82) is 0 Å². The van der Waals surface area contributed by atoms with E-state index in [-0.39, 0.29) is 12.3 Å². The van der Waals surface area contributed by atoms with Crippen molar-refractivity contribution in [2.24, 2.45) is 0 Å². The van der Waals surface area contributed by atoms with Crippen LogP contribution in [0, 0.1) is 12.7 Å². The maximum atomic E-state index is 13.3. The van der Waals surface area contributed by atoms with Gasteiger partial charge in [-0.05, 0) is 36.8 Å². The molecular weight excluding hydrogens is 263 g/mol. The molecular formula is C14H13FN2O3. The molecule has 0 aliphatic heterocycles. The zero-order valence-corrected chi connectivity index (χ0v) is 10.8. The van der Waals surface area contributed by atoms with Crippen LogP contribution in [0.1, 0.15) is 16.1 Å². The van der Waals surface area contributed by atoms with Gasteiger partial charge in [-0.2, -0.15) is 0 Å². The second kappa shape index (κ2) is 6.01. The number of benzene rings is 1. The van der Waals surface area contributed by atoms with Crippen LogP contribution in [0.4, 0.5) is 10.1 Å². The third-order valence-electron chi connectivity index (χ3n) is 2.61. The number of rotatable bonds is 4. The fraction of sp³-hybridized carbons (Fsp3) is 0.143. The minimum Gasteiger partial charge on any atom is -0.459 e. The lowest BCUT2D eigenvalue weighted by Gasteiger charge is -2.07. The Morgan fingerprint density at radius 2 is 2.10 bits per heavy atom. The number of nitrogens with one attached hydrogen (secondary N) is 2. The molecule has 2 aromatic rings. The highest BCUT2D eigenvalue weighted by atomic mass is 19.1. The molecule has 1 heterocycles. The zero-order valence-electron chi connectivity index (χ0n) is 10.8. The van der Waals surface area contributed by atoms with Gasteiger partial charge in [-0.3, -0.25) is 9.59 Å². The Kier molecular flexibility index (Phi) is 4.14. The van der Waals surface area contributed by atoms with Gasteiger partial charge in [-0.1, -0.05) is 6.07 Å². The maximum Gasteiger partial charge on any atom is 0.287 e. The number of hydrogen-bond donors (Lipinski definition) is 2. The van der Waals surface area contributed by atoms with Gasteiger partial charge in [-0.15, -0.1) is 0 Å². The molecule has 2 N–H and O–H groups in total. The van der Waals surface area contributed by atoms with E-state index in [0.717, 1.165) is 0 Å². The van der Waals surface area contributed by atoms with Crippen LogP contribution in [0.15, 0.2) is 41.0 Å². The summed E-state index contributed by atoms with van der Waals surface area (Å²) in [5.74, 6) is -1.21. The zero-order chi connectivity index (χ0) is 14.5. The monoisotopic (exact) mass is 276 g/mol. The van der Waals surface area contributed by atoms with Crippen molar-refractivity contribution in [3.63, 3.8) is 0 Å². The minimum atomic E-state index is -0.486. The van der Waals surface area contributed by atoms with Crippen molar-refractivity contribution in [1.82, 2.24) is 5.32 Å². The van der Waals surface area contributed by atoms with Gasteiger partial charge in [0, 0.05) is 5.69 Å². The van der Waals surface area contributed by atoms with Gasteiger partial charge >= 0.3 is 0 Å². The maximum absolute atomic E-state index is 13.3. The van der Waals surface area contributed by atoms with Crippen molar-refractivity contribution in [2.45, 2.75) is 6.92 Å². The predicted octanol–water partition coefficient (Wildman–Crippen LogP) is 2.10. The first-order valence-corrected chi connectivity index (χ1v) is 5.94. The van der Waals surface area contributed by atoms with E-state index in [1.807, 2.05) is 0 Å². The summed E-state index contributed by atoms with van der Waals surface area (Å²) in [6.45, 7) is 1.40. The quantitative estimate of drug-likeness (QED) is 0.898. The number of carbonyl (C=O) groups is 2. The molecule has 104 valence electrons. The van der Waals surface area contributed by atoms with Gasteiger partial charge in [-0.25, -0.2) is 4.39 Å². The summed E-state index contributed by atoms with van der Waals surface area (Å²) < 4.78 is 18.2. The number of anilines is 1. The van der Waals surface area contributed by atoms with E-state index in [1.54, 1.807) is 25.1 Å². The first kappa shape index (κ1) is 13.8. The highest BCUT2D eigenvalue weighted by Gasteiger charge is 2.10. The molecule has 5 nitrogen and oxygen atoms in total. The average Bonchev–Trinajstić information content (AvgIpc) is 2.94. The summed E-state index contributed by atoms with van der Waals surface area (Å²) in [5.41, 5.74) is 0.833. The minimum absolute atomic E-state index is 0.124. The van der Waals surface area contributed by atoms with Crippen molar-refractivity contribution in [3.05, 3.63) is 53.7 Å². The van der Waals surface area contributed by atoms with Gasteiger partial charge in [0.05, 0.1) is 12.8 Å². The van der Waals surface area contributed by atoms with Crippen molar-refractivity contribution in [2.75, 3.05) is 11.9 Å². The molecule has 0 bridgehead atoms. The Balaban J connectivity index is 1.86. The van der Waals surface area contributed by atoms with E-state index in [9.17, 15) is 14.0 Å². The second-order valence-corrected chi connectivity index (χ2v) is 4.17. The van der Waals surface area contributed by atoms with Gasteiger partial charge in [0.2, 0.25) is 5.91 Å². The molecule has 0 spiro atoms. The Morgan fingerprint density at radius 1 is 1.30 bits per heavy atom. The topological polar surface area (TPSA) is 71.3 Å². The molecule has 0 atom stereocenters. The van der Waals surface area contributed by atoms with Crippen molar-refractivity contribution >= 4 is 17.5 Å². The third-order valence-corrected chi connectivity index (χ3v) is 2.61. The molecule has 6 heteroatoms. The molecule has 2 amide bonds. The molecule has 1 aromatic heterocycles. The molecule has 0 radical (unpaired) electrons. The van der Waals surface area contributed by atoms with E-state index in [4.69, 9.17) is 4.42 Å². The first-order valence-electron chi connectivity index (χ1n) is 5.94. The van der Waals surface area contributed by atoms with E-state index < -0.39 is 17.6 Å². The summed E-state index contributed by atoms with van der Waals surface area (Å²) in [7, 11) is 0. The smallest absolute Gasteiger partial charge is 0.287 e. The standard InChI is InChI=1S/C14H13FN2O3/c1-9-4-5-10(7-11(9)15)17-13(18)8-16-14(19)12-3-2-6-20-12/h2-7H,8H2,1H3,(H,16,19)(H,17,18). The summed E-state index contributed by atoms with van der Waals surface area (Å²) >= 11 is 0. The predicted molar refractivity (Wildman–Crippen MR) is 70.8 cm³/mol. The summed E-state index contributed by atoms with van der Waals surface area (Å²) in [6, 6.07) is 7.44. The molecule has 0 unspecified atom stereocenters. The van der Waals surface area contributed by atoms with E-state index in [1.165, 1.54) is 18.4 Å². The Bertz CT molecular complexity index is 623. The molecule has 0 saturated carbocycles. The van der Waals surface area contributed by atoms with Crippen LogP contribution in [-0.4, -0.2) is 18.4 Å². The number of aryl methyl sites for hydroxylation is 1. The van der Waals surface area contributed by atoms with Crippen LogP contribution >= 0.6 is 0 Å². The van der Waals surface area contributed by atoms with Crippen LogP contribution in [0.5, 0.6) is 0 Å². The van der Waals surface area contributed by atoms with Gasteiger partial charge < -0.3 is 15.1 Å². The van der Waals surface area contributed by atoms with E-state index in [0.29, 0.717) is 11.3 Å².